The summed E-state index contributed by atoms with van der Waals surface area (Å²) in [5, 5.41) is 7.89. The molecule has 29 heavy (non-hydrogen) atoms. The molecule has 1 aliphatic rings. The standard InChI is InChI=1S/C20H28N4O5/c1-3-21-18(26)14(2)22-17(25)13-29-19(27)15-9-11-24(12-10-15)20(28)23-16-7-5-4-6-8-16/h4-8,14-15H,3,9-13H2,1-2H3,(H,21,26)(H,22,25)(H,23,28)/t14-/m1/s1. The van der Waals surface area contributed by atoms with Crippen LogP contribution in [-0.2, 0) is 19.1 Å². The Balaban J connectivity index is 1.69. The molecule has 1 aromatic rings. The first-order chi connectivity index (χ1) is 13.9. The molecule has 158 valence electrons. The number of para-hydroxylation sites is 1. The Labute approximate surface area is 170 Å². The summed E-state index contributed by atoms with van der Waals surface area (Å²) in [5.41, 5.74) is 0.715. The summed E-state index contributed by atoms with van der Waals surface area (Å²) in [4.78, 5) is 49.5. The Morgan fingerprint density at radius 1 is 1.14 bits per heavy atom. The molecule has 1 aromatic carbocycles. The first kappa shape index (κ1) is 22.2. The molecule has 0 spiro atoms. The van der Waals surface area contributed by atoms with Crippen LogP contribution in [0.4, 0.5) is 10.5 Å². The lowest BCUT2D eigenvalue weighted by molar-refractivity contribution is -0.154. The van der Waals surface area contributed by atoms with Crippen molar-refractivity contribution in [3.8, 4) is 0 Å². The van der Waals surface area contributed by atoms with Gasteiger partial charge in [-0.05, 0) is 38.8 Å². The number of ether oxygens (including phenoxy) is 1. The predicted octanol–water partition coefficient (Wildman–Crippen LogP) is 1.11. The Morgan fingerprint density at radius 2 is 1.79 bits per heavy atom. The minimum absolute atomic E-state index is 0.207. The van der Waals surface area contributed by atoms with Crippen molar-refractivity contribution < 1.29 is 23.9 Å². The van der Waals surface area contributed by atoms with Crippen LogP contribution in [0.25, 0.3) is 0 Å². The van der Waals surface area contributed by atoms with Gasteiger partial charge in [0.05, 0.1) is 5.92 Å². The van der Waals surface area contributed by atoms with E-state index in [1.54, 1.807) is 30.9 Å². The van der Waals surface area contributed by atoms with E-state index < -0.39 is 24.5 Å². The topological polar surface area (TPSA) is 117 Å². The second-order valence-electron chi connectivity index (χ2n) is 6.85. The number of hydrogen-bond acceptors (Lipinski definition) is 5. The number of amides is 4. The van der Waals surface area contributed by atoms with Gasteiger partial charge in [-0.1, -0.05) is 18.2 Å². The van der Waals surface area contributed by atoms with Crippen molar-refractivity contribution in [2.45, 2.75) is 32.7 Å². The fourth-order valence-electron chi connectivity index (χ4n) is 2.97. The third-order valence-corrected chi connectivity index (χ3v) is 4.61. The number of anilines is 1. The molecule has 0 saturated carbocycles. The van der Waals surface area contributed by atoms with Crippen LogP contribution in [0.1, 0.15) is 26.7 Å². The fourth-order valence-corrected chi connectivity index (χ4v) is 2.97. The van der Waals surface area contributed by atoms with E-state index in [1.807, 2.05) is 18.2 Å². The number of nitrogens with one attached hydrogen (secondary N) is 3. The summed E-state index contributed by atoms with van der Waals surface area (Å²) in [6.45, 7) is 4.23. The van der Waals surface area contributed by atoms with Crippen LogP contribution in [0, 0.1) is 5.92 Å². The molecule has 0 aliphatic carbocycles. The van der Waals surface area contributed by atoms with E-state index in [-0.39, 0.29) is 17.9 Å². The number of nitrogens with zero attached hydrogens (tertiary/aromatic N) is 1. The van der Waals surface area contributed by atoms with Gasteiger partial charge in [0.2, 0.25) is 5.91 Å². The maximum Gasteiger partial charge on any atom is 0.321 e. The second-order valence-corrected chi connectivity index (χ2v) is 6.85. The second kappa shape index (κ2) is 11.0. The number of likely N-dealkylation sites (N-methyl/N-ethyl adjacent to an activating group) is 1. The zero-order valence-corrected chi connectivity index (χ0v) is 16.8. The molecule has 0 aromatic heterocycles. The van der Waals surface area contributed by atoms with Crippen LogP contribution in [0.15, 0.2) is 30.3 Å². The highest BCUT2D eigenvalue weighted by Gasteiger charge is 2.29. The van der Waals surface area contributed by atoms with Crippen molar-refractivity contribution in [2.24, 2.45) is 5.92 Å². The van der Waals surface area contributed by atoms with Crippen LogP contribution in [-0.4, -0.2) is 61.0 Å². The molecule has 9 heteroatoms. The van der Waals surface area contributed by atoms with E-state index in [4.69, 9.17) is 4.74 Å². The molecule has 4 amide bonds. The zero-order valence-electron chi connectivity index (χ0n) is 16.8. The zero-order chi connectivity index (χ0) is 21.2. The first-order valence-corrected chi connectivity index (χ1v) is 9.75. The SMILES string of the molecule is CCNC(=O)[C@@H](C)NC(=O)COC(=O)C1CCN(C(=O)Nc2ccccc2)CC1. The minimum atomic E-state index is -0.701. The molecule has 1 atom stereocenters. The number of carbonyl (C=O) groups excluding carboxylic acids is 4. The van der Waals surface area contributed by atoms with Gasteiger partial charge in [-0.3, -0.25) is 14.4 Å². The van der Waals surface area contributed by atoms with Gasteiger partial charge in [0, 0.05) is 25.3 Å². The van der Waals surface area contributed by atoms with Crippen molar-refractivity contribution >= 4 is 29.5 Å². The Hall–Kier alpha value is -3.10. The van der Waals surface area contributed by atoms with Crippen molar-refractivity contribution in [1.82, 2.24) is 15.5 Å². The number of piperidine rings is 1. The number of benzene rings is 1. The molecule has 0 bridgehead atoms. The van der Waals surface area contributed by atoms with E-state index in [2.05, 4.69) is 16.0 Å². The highest BCUT2D eigenvalue weighted by atomic mass is 16.5. The van der Waals surface area contributed by atoms with Crippen molar-refractivity contribution in [3.05, 3.63) is 30.3 Å². The summed E-state index contributed by atoms with van der Waals surface area (Å²) in [7, 11) is 0. The molecule has 1 heterocycles. The third-order valence-electron chi connectivity index (χ3n) is 4.61. The highest BCUT2D eigenvalue weighted by molar-refractivity contribution is 5.90. The maximum atomic E-state index is 12.3. The molecule has 0 unspecified atom stereocenters. The van der Waals surface area contributed by atoms with Gasteiger partial charge in [0.25, 0.3) is 5.91 Å². The molecule has 1 fully saturated rings. The lowest BCUT2D eigenvalue weighted by Gasteiger charge is -2.30. The normalized spacial score (nSPS) is 15.2. The number of esters is 1. The molecule has 1 saturated heterocycles. The summed E-state index contributed by atoms with van der Waals surface area (Å²) >= 11 is 0. The van der Waals surface area contributed by atoms with Crippen LogP contribution < -0.4 is 16.0 Å². The molecule has 0 radical (unpaired) electrons. The van der Waals surface area contributed by atoms with E-state index in [9.17, 15) is 19.2 Å². The highest BCUT2D eigenvalue weighted by Crippen LogP contribution is 2.19. The first-order valence-electron chi connectivity index (χ1n) is 9.75. The third kappa shape index (κ3) is 7.10. The van der Waals surface area contributed by atoms with Crippen molar-refractivity contribution in [2.75, 3.05) is 31.6 Å². The van der Waals surface area contributed by atoms with Gasteiger partial charge in [0.15, 0.2) is 6.61 Å². The largest absolute Gasteiger partial charge is 0.455 e. The summed E-state index contributed by atoms with van der Waals surface area (Å²) in [6.07, 6.45) is 0.940. The van der Waals surface area contributed by atoms with Crippen LogP contribution in [0.2, 0.25) is 0 Å². The van der Waals surface area contributed by atoms with Crippen LogP contribution in [0.3, 0.4) is 0 Å². The Kier molecular flexibility index (Phi) is 8.45. The summed E-state index contributed by atoms with van der Waals surface area (Å²) < 4.78 is 5.07. The van der Waals surface area contributed by atoms with E-state index in [1.165, 1.54) is 0 Å². The molecular weight excluding hydrogens is 376 g/mol. The molecule has 2 rings (SSSR count). The average molecular weight is 404 g/mol. The van der Waals surface area contributed by atoms with Gasteiger partial charge in [-0.15, -0.1) is 0 Å². The minimum Gasteiger partial charge on any atom is -0.455 e. The predicted molar refractivity (Wildman–Crippen MR) is 107 cm³/mol. The van der Waals surface area contributed by atoms with E-state index in [0.29, 0.717) is 38.2 Å². The van der Waals surface area contributed by atoms with Crippen LogP contribution in [0.5, 0.6) is 0 Å². The monoisotopic (exact) mass is 404 g/mol. The summed E-state index contributed by atoms with van der Waals surface area (Å²) in [6, 6.07) is 8.25. The maximum absolute atomic E-state index is 12.3. The lowest BCUT2D eigenvalue weighted by atomic mass is 9.97. The average Bonchev–Trinajstić information content (AvgIpc) is 2.73. The summed E-state index contributed by atoms with van der Waals surface area (Å²) in [5.74, 6) is -1.65. The van der Waals surface area contributed by atoms with Crippen LogP contribution >= 0.6 is 0 Å². The number of rotatable bonds is 7. The quantitative estimate of drug-likeness (QED) is 0.589. The molecule has 9 nitrogen and oxygen atoms in total. The fraction of sp³-hybridized carbons (Fsp3) is 0.500. The van der Waals surface area contributed by atoms with E-state index in [0.717, 1.165) is 0 Å². The van der Waals surface area contributed by atoms with Gasteiger partial charge >= 0.3 is 12.0 Å². The van der Waals surface area contributed by atoms with Gasteiger partial charge in [-0.25, -0.2) is 4.79 Å². The Morgan fingerprint density at radius 3 is 2.41 bits per heavy atom. The van der Waals surface area contributed by atoms with Gasteiger partial charge in [-0.2, -0.15) is 0 Å². The lowest BCUT2D eigenvalue weighted by Crippen LogP contribution is -2.46. The molecular formula is C20H28N4O5. The smallest absolute Gasteiger partial charge is 0.321 e. The Bertz CT molecular complexity index is 717. The van der Waals surface area contributed by atoms with Crippen molar-refractivity contribution in [1.29, 1.82) is 0 Å². The number of urea groups is 1. The number of likely N-dealkylation sites (tertiary alicyclic amines) is 1. The van der Waals surface area contributed by atoms with Gasteiger partial charge in [0.1, 0.15) is 6.04 Å². The molecule has 1 aliphatic heterocycles. The van der Waals surface area contributed by atoms with Gasteiger partial charge < -0.3 is 25.6 Å². The number of hydrogen-bond donors (Lipinski definition) is 3. The van der Waals surface area contributed by atoms with Crippen molar-refractivity contribution in [3.63, 3.8) is 0 Å². The number of carbonyl (C=O) groups is 4. The molecule has 3 N–H and O–H groups in total. The van der Waals surface area contributed by atoms with E-state index >= 15 is 0 Å².